The van der Waals surface area contributed by atoms with E-state index in [1.165, 1.54) is 13.2 Å². The Hall–Kier alpha value is -2.10. The van der Waals surface area contributed by atoms with Crippen LogP contribution >= 0.6 is 0 Å². The number of pyridine rings is 1. The van der Waals surface area contributed by atoms with Crippen LogP contribution in [-0.4, -0.2) is 18.1 Å². The van der Waals surface area contributed by atoms with Crippen LogP contribution in [0.2, 0.25) is 0 Å². The highest BCUT2D eigenvalue weighted by Crippen LogP contribution is 1.93. The monoisotopic (exact) mass is 218 g/mol. The van der Waals surface area contributed by atoms with Crippen molar-refractivity contribution in [1.82, 2.24) is 10.3 Å². The average Bonchev–Trinajstić information content (AvgIpc) is 2.34. The zero-order chi connectivity index (χ0) is 11.6. The van der Waals surface area contributed by atoms with Gasteiger partial charge in [0.05, 0.1) is 7.11 Å². The molecule has 4 heteroatoms. The van der Waals surface area contributed by atoms with E-state index in [9.17, 15) is 4.79 Å². The Morgan fingerprint density at radius 1 is 1.56 bits per heavy atom. The van der Waals surface area contributed by atoms with Crippen LogP contribution in [0.3, 0.4) is 0 Å². The van der Waals surface area contributed by atoms with Crippen LogP contribution in [0.4, 0.5) is 0 Å². The highest BCUT2D eigenvalue weighted by atomic mass is 16.5. The molecule has 0 radical (unpaired) electrons. The summed E-state index contributed by atoms with van der Waals surface area (Å²) in [5.41, 5.74) is 1.10. The molecule has 1 heterocycles. The molecule has 4 nitrogen and oxygen atoms in total. The van der Waals surface area contributed by atoms with Gasteiger partial charge in [-0.1, -0.05) is 12.1 Å². The molecule has 84 valence electrons. The highest BCUT2D eigenvalue weighted by molar-refractivity contribution is 5.82. The van der Waals surface area contributed by atoms with Crippen molar-refractivity contribution in [3.05, 3.63) is 54.5 Å². The molecular weight excluding hydrogens is 204 g/mol. The number of carbonyl (C=O) groups excluding carboxylic acids is 1. The third-order valence-electron chi connectivity index (χ3n) is 1.79. The Kier molecular flexibility index (Phi) is 5.41. The van der Waals surface area contributed by atoms with Gasteiger partial charge in [0.2, 0.25) is 0 Å². The Morgan fingerprint density at radius 2 is 2.44 bits per heavy atom. The molecule has 0 spiro atoms. The van der Waals surface area contributed by atoms with Gasteiger partial charge in [0.25, 0.3) is 0 Å². The molecule has 1 N–H and O–H groups in total. The number of nitrogens with one attached hydrogen (secondary N) is 1. The van der Waals surface area contributed by atoms with E-state index in [0.29, 0.717) is 6.54 Å². The van der Waals surface area contributed by atoms with E-state index < -0.39 is 0 Å². The fourth-order valence-electron chi connectivity index (χ4n) is 1.01. The highest BCUT2D eigenvalue weighted by Gasteiger charge is 1.88. The number of rotatable bonds is 5. The van der Waals surface area contributed by atoms with Crippen LogP contribution in [-0.2, 0) is 16.1 Å². The molecule has 0 aliphatic rings. The lowest BCUT2D eigenvalue weighted by Crippen LogP contribution is -2.04. The summed E-state index contributed by atoms with van der Waals surface area (Å²) in [6.07, 6.45) is 9.98. The Morgan fingerprint density at radius 3 is 3.12 bits per heavy atom. The van der Waals surface area contributed by atoms with Gasteiger partial charge in [-0.2, -0.15) is 0 Å². The van der Waals surface area contributed by atoms with Gasteiger partial charge in [-0.25, -0.2) is 4.79 Å². The third-order valence-corrected chi connectivity index (χ3v) is 1.79. The van der Waals surface area contributed by atoms with Crippen LogP contribution in [0.15, 0.2) is 49.0 Å². The lowest BCUT2D eigenvalue weighted by atomic mass is 10.3. The van der Waals surface area contributed by atoms with E-state index in [1.807, 2.05) is 12.1 Å². The maximum atomic E-state index is 10.7. The summed E-state index contributed by atoms with van der Waals surface area (Å²) in [4.78, 5) is 14.7. The predicted molar refractivity (Wildman–Crippen MR) is 61.4 cm³/mol. The summed E-state index contributed by atoms with van der Waals surface area (Å²) in [5, 5.41) is 3.07. The van der Waals surface area contributed by atoms with Gasteiger partial charge in [0, 0.05) is 25.0 Å². The van der Waals surface area contributed by atoms with Crippen LogP contribution in [0.1, 0.15) is 5.56 Å². The predicted octanol–water partition coefficient (Wildman–Crippen LogP) is 1.41. The molecule has 1 aromatic heterocycles. The summed E-state index contributed by atoms with van der Waals surface area (Å²) >= 11 is 0. The smallest absolute Gasteiger partial charge is 0.330 e. The van der Waals surface area contributed by atoms with Crippen molar-refractivity contribution in [2.24, 2.45) is 0 Å². The summed E-state index contributed by atoms with van der Waals surface area (Å²) in [5.74, 6) is -0.364. The normalized spacial score (nSPS) is 10.8. The standard InChI is InChI=1S/C12H14N2O2/c1-16-12(15)6-2-3-7-13-9-11-5-4-8-14-10-11/h2-8,10,13H,9H2,1H3/b6-2+,7-3+. The van der Waals surface area contributed by atoms with Gasteiger partial charge < -0.3 is 10.1 Å². The van der Waals surface area contributed by atoms with E-state index in [4.69, 9.17) is 0 Å². The van der Waals surface area contributed by atoms with Gasteiger partial charge in [0.1, 0.15) is 0 Å². The maximum Gasteiger partial charge on any atom is 0.330 e. The van der Waals surface area contributed by atoms with Crippen molar-refractivity contribution in [2.45, 2.75) is 6.54 Å². The number of nitrogens with zero attached hydrogens (tertiary/aromatic N) is 1. The van der Waals surface area contributed by atoms with Gasteiger partial charge in [-0.05, 0) is 23.9 Å². The van der Waals surface area contributed by atoms with E-state index in [2.05, 4.69) is 15.0 Å². The minimum atomic E-state index is -0.364. The second-order valence-electron chi connectivity index (χ2n) is 2.98. The second kappa shape index (κ2) is 7.23. The Bertz CT molecular complexity index is 372. The fraction of sp³-hybridized carbons (Fsp3) is 0.167. The van der Waals surface area contributed by atoms with Crippen molar-refractivity contribution in [3.8, 4) is 0 Å². The number of hydrogen-bond acceptors (Lipinski definition) is 4. The van der Waals surface area contributed by atoms with Crippen molar-refractivity contribution >= 4 is 5.97 Å². The molecule has 0 atom stereocenters. The zero-order valence-electron chi connectivity index (χ0n) is 9.09. The molecule has 0 saturated carbocycles. The summed E-state index contributed by atoms with van der Waals surface area (Å²) < 4.78 is 4.44. The van der Waals surface area contributed by atoms with Crippen LogP contribution in [0.5, 0.6) is 0 Å². The second-order valence-corrected chi connectivity index (χ2v) is 2.98. The summed E-state index contributed by atoms with van der Waals surface area (Å²) in [6, 6.07) is 3.87. The number of aromatic nitrogens is 1. The molecule has 0 fully saturated rings. The van der Waals surface area contributed by atoms with E-state index in [0.717, 1.165) is 5.56 Å². The zero-order valence-corrected chi connectivity index (χ0v) is 9.09. The van der Waals surface area contributed by atoms with Crippen molar-refractivity contribution < 1.29 is 9.53 Å². The van der Waals surface area contributed by atoms with Crippen molar-refractivity contribution in [1.29, 1.82) is 0 Å². The molecule has 0 amide bonds. The lowest BCUT2D eigenvalue weighted by Gasteiger charge is -1.98. The van der Waals surface area contributed by atoms with Crippen molar-refractivity contribution in [2.75, 3.05) is 7.11 Å². The minimum Gasteiger partial charge on any atom is -0.466 e. The van der Waals surface area contributed by atoms with Gasteiger partial charge in [0.15, 0.2) is 0 Å². The van der Waals surface area contributed by atoms with Crippen LogP contribution in [0.25, 0.3) is 0 Å². The molecule has 0 aliphatic carbocycles. The number of esters is 1. The van der Waals surface area contributed by atoms with E-state index in [1.54, 1.807) is 30.7 Å². The SMILES string of the molecule is COC(=O)/C=C/C=C/NCc1cccnc1. The van der Waals surface area contributed by atoms with Crippen LogP contribution < -0.4 is 5.32 Å². The first-order valence-corrected chi connectivity index (χ1v) is 4.86. The maximum absolute atomic E-state index is 10.7. The van der Waals surface area contributed by atoms with E-state index in [-0.39, 0.29) is 5.97 Å². The number of ether oxygens (including phenoxy) is 1. The summed E-state index contributed by atoms with van der Waals surface area (Å²) in [7, 11) is 1.34. The summed E-state index contributed by atoms with van der Waals surface area (Å²) in [6.45, 7) is 0.705. The lowest BCUT2D eigenvalue weighted by molar-refractivity contribution is -0.134. The molecule has 0 aliphatic heterocycles. The van der Waals surface area contributed by atoms with Gasteiger partial charge >= 0.3 is 5.97 Å². The van der Waals surface area contributed by atoms with Gasteiger partial charge in [-0.15, -0.1) is 0 Å². The minimum absolute atomic E-state index is 0.364. The largest absolute Gasteiger partial charge is 0.466 e. The molecule has 1 rings (SSSR count). The number of hydrogen-bond donors (Lipinski definition) is 1. The molecular formula is C12H14N2O2. The average molecular weight is 218 g/mol. The molecule has 1 aromatic rings. The quantitative estimate of drug-likeness (QED) is 0.461. The first kappa shape index (κ1) is 12.0. The number of methoxy groups -OCH3 is 1. The van der Waals surface area contributed by atoms with Gasteiger partial charge in [-0.3, -0.25) is 4.98 Å². The number of carbonyl (C=O) groups is 1. The van der Waals surface area contributed by atoms with Crippen molar-refractivity contribution in [3.63, 3.8) is 0 Å². The Labute approximate surface area is 94.7 Å². The third kappa shape index (κ3) is 4.95. The first-order valence-electron chi connectivity index (χ1n) is 4.86. The molecule has 0 bridgehead atoms. The molecule has 0 aromatic carbocycles. The fourth-order valence-corrected chi connectivity index (χ4v) is 1.01. The number of allylic oxidation sites excluding steroid dienone is 2. The van der Waals surface area contributed by atoms with Crippen LogP contribution in [0, 0.1) is 0 Å². The Balaban J connectivity index is 2.23. The molecule has 0 saturated heterocycles. The molecule has 16 heavy (non-hydrogen) atoms. The van der Waals surface area contributed by atoms with E-state index >= 15 is 0 Å². The molecule has 0 unspecified atom stereocenters. The first-order chi connectivity index (χ1) is 7.83. The topological polar surface area (TPSA) is 51.2 Å².